The molecule has 0 aromatic carbocycles. The Kier molecular flexibility index (Phi) is 2.39. The Balaban J connectivity index is 1.69. The Hall–Kier alpha value is -1.43. The molecule has 0 unspecified atom stereocenters. The van der Waals surface area contributed by atoms with Gasteiger partial charge in [0, 0.05) is 26.2 Å². The molecule has 0 bridgehead atoms. The monoisotopic (exact) mass is 237 g/mol. The molecule has 0 aromatic rings. The van der Waals surface area contributed by atoms with Crippen LogP contribution in [0, 0.1) is 17.8 Å². The standard InChI is InChI=1S/C11H15N3O3/c15-9-7-1-2-14(5-8(7)10(16)13-9)11(17)6-3-12-4-6/h6-8,12H,1-5H2,(H,13,15,16)/t7-,8-/m1/s1. The second-order valence-corrected chi connectivity index (χ2v) is 4.99. The second kappa shape index (κ2) is 3.80. The van der Waals surface area contributed by atoms with E-state index in [0.717, 1.165) is 13.1 Å². The Morgan fingerprint density at radius 2 is 1.88 bits per heavy atom. The second-order valence-electron chi connectivity index (χ2n) is 4.99. The number of piperidine rings is 1. The molecule has 6 heteroatoms. The first-order valence-electron chi connectivity index (χ1n) is 6.01. The number of carbonyl (C=O) groups excluding carboxylic acids is 3. The Morgan fingerprint density at radius 1 is 1.18 bits per heavy atom. The predicted molar refractivity (Wildman–Crippen MR) is 57.7 cm³/mol. The molecule has 0 aromatic heterocycles. The number of fused-ring (bicyclic) bond motifs is 1. The van der Waals surface area contributed by atoms with Gasteiger partial charge in [-0.1, -0.05) is 0 Å². The molecule has 3 heterocycles. The van der Waals surface area contributed by atoms with Crippen LogP contribution in [0.3, 0.4) is 0 Å². The lowest BCUT2D eigenvalue weighted by Gasteiger charge is -2.37. The van der Waals surface area contributed by atoms with Crippen LogP contribution in [0.1, 0.15) is 6.42 Å². The highest BCUT2D eigenvalue weighted by Gasteiger charge is 2.46. The number of amides is 3. The van der Waals surface area contributed by atoms with Gasteiger partial charge in [-0.05, 0) is 6.42 Å². The van der Waals surface area contributed by atoms with Gasteiger partial charge in [-0.15, -0.1) is 0 Å². The third kappa shape index (κ3) is 1.63. The van der Waals surface area contributed by atoms with Gasteiger partial charge in [-0.25, -0.2) is 0 Å². The highest BCUT2D eigenvalue weighted by Crippen LogP contribution is 2.29. The van der Waals surface area contributed by atoms with Gasteiger partial charge in [-0.2, -0.15) is 0 Å². The summed E-state index contributed by atoms with van der Waals surface area (Å²) in [6.45, 7) is 2.46. The van der Waals surface area contributed by atoms with Crippen LogP contribution < -0.4 is 10.6 Å². The Labute approximate surface area is 98.7 Å². The number of carbonyl (C=O) groups is 3. The van der Waals surface area contributed by atoms with E-state index in [4.69, 9.17) is 0 Å². The van der Waals surface area contributed by atoms with Crippen LogP contribution in [-0.2, 0) is 14.4 Å². The molecule has 3 rings (SSSR count). The summed E-state index contributed by atoms with van der Waals surface area (Å²) in [5, 5.41) is 5.41. The molecule has 0 saturated carbocycles. The summed E-state index contributed by atoms with van der Waals surface area (Å²) in [6, 6.07) is 0. The minimum absolute atomic E-state index is 0.0618. The minimum Gasteiger partial charge on any atom is -0.342 e. The topological polar surface area (TPSA) is 78.5 Å². The van der Waals surface area contributed by atoms with Crippen molar-refractivity contribution >= 4 is 17.7 Å². The van der Waals surface area contributed by atoms with Crippen molar-refractivity contribution in [2.45, 2.75) is 6.42 Å². The van der Waals surface area contributed by atoms with Gasteiger partial charge in [0.25, 0.3) is 0 Å². The van der Waals surface area contributed by atoms with Crippen molar-refractivity contribution in [3.63, 3.8) is 0 Å². The third-order valence-corrected chi connectivity index (χ3v) is 3.98. The van der Waals surface area contributed by atoms with E-state index < -0.39 is 0 Å². The first-order valence-corrected chi connectivity index (χ1v) is 6.01. The van der Waals surface area contributed by atoms with Crippen LogP contribution in [-0.4, -0.2) is 48.8 Å². The van der Waals surface area contributed by atoms with E-state index >= 15 is 0 Å². The average Bonchev–Trinajstić information content (AvgIpc) is 2.52. The van der Waals surface area contributed by atoms with E-state index in [1.807, 2.05) is 0 Å². The molecule has 0 radical (unpaired) electrons. The maximum absolute atomic E-state index is 12.0. The highest BCUT2D eigenvalue weighted by atomic mass is 16.2. The fourth-order valence-electron chi connectivity index (χ4n) is 2.76. The molecule has 6 nitrogen and oxygen atoms in total. The SMILES string of the molecule is O=C1NC(=O)[C@@H]2CN(C(=O)C3CNC3)CC[C@@H]12. The molecule has 3 fully saturated rings. The first kappa shape index (κ1) is 10.7. The summed E-state index contributed by atoms with van der Waals surface area (Å²) in [5.41, 5.74) is 0. The summed E-state index contributed by atoms with van der Waals surface area (Å²) in [6.07, 6.45) is 0.605. The normalized spacial score (nSPS) is 33.1. The molecule has 3 aliphatic heterocycles. The van der Waals surface area contributed by atoms with Crippen molar-refractivity contribution in [1.29, 1.82) is 0 Å². The largest absolute Gasteiger partial charge is 0.342 e. The van der Waals surface area contributed by atoms with E-state index in [0.29, 0.717) is 19.5 Å². The molecular formula is C11H15N3O3. The summed E-state index contributed by atoms with van der Waals surface area (Å²) < 4.78 is 0. The van der Waals surface area contributed by atoms with Gasteiger partial charge in [0.15, 0.2) is 0 Å². The number of nitrogens with one attached hydrogen (secondary N) is 2. The molecule has 2 atom stereocenters. The number of hydrogen-bond donors (Lipinski definition) is 2. The first-order chi connectivity index (χ1) is 8.16. The maximum atomic E-state index is 12.0. The highest BCUT2D eigenvalue weighted by molar-refractivity contribution is 6.05. The minimum atomic E-state index is -0.326. The van der Waals surface area contributed by atoms with Gasteiger partial charge in [0.2, 0.25) is 17.7 Å². The van der Waals surface area contributed by atoms with Crippen molar-refractivity contribution in [2.75, 3.05) is 26.2 Å². The zero-order chi connectivity index (χ0) is 12.0. The third-order valence-electron chi connectivity index (χ3n) is 3.98. The number of hydrogen-bond acceptors (Lipinski definition) is 4. The van der Waals surface area contributed by atoms with Crippen LogP contribution in [0.4, 0.5) is 0 Å². The Bertz CT molecular complexity index is 391. The van der Waals surface area contributed by atoms with Crippen LogP contribution in [0.25, 0.3) is 0 Å². The molecule has 0 spiro atoms. The average molecular weight is 237 g/mol. The van der Waals surface area contributed by atoms with Crippen LogP contribution in [0.15, 0.2) is 0 Å². The summed E-state index contributed by atoms with van der Waals surface area (Å²) >= 11 is 0. The Morgan fingerprint density at radius 3 is 2.53 bits per heavy atom. The number of rotatable bonds is 1. The molecule has 3 saturated heterocycles. The lowest BCUT2D eigenvalue weighted by atomic mass is 9.87. The number of imide groups is 1. The fraction of sp³-hybridized carbons (Fsp3) is 0.727. The quantitative estimate of drug-likeness (QED) is 0.534. The maximum Gasteiger partial charge on any atom is 0.232 e. The van der Waals surface area contributed by atoms with Gasteiger partial charge < -0.3 is 10.2 Å². The van der Waals surface area contributed by atoms with Crippen molar-refractivity contribution < 1.29 is 14.4 Å². The molecule has 0 aliphatic carbocycles. The van der Waals surface area contributed by atoms with Crippen molar-refractivity contribution in [1.82, 2.24) is 15.5 Å². The van der Waals surface area contributed by atoms with E-state index in [1.165, 1.54) is 0 Å². The lowest BCUT2D eigenvalue weighted by Crippen LogP contribution is -2.55. The molecule has 3 aliphatic rings. The van der Waals surface area contributed by atoms with Crippen molar-refractivity contribution in [3.05, 3.63) is 0 Å². The zero-order valence-corrected chi connectivity index (χ0v) is 9.44. The lowest BCUT2D eigenvalue weighted by molar-refractivity contribution is -0.141. The molecule has 2 N–H and O–H groups in total. The zero-order valence-electron chi connectivity index (χ0n) is 9.44. The van der Waals surface area contributed by atoms with Crippen molar-refractivity contribution in [2.24, 2.45) is 17.8 Å². The molecule has 17 heavy (non-hydrogen) atoms. The van der Waals surface area contributed by atoms with E-state index in [2.05, 4.69) is 10.6 Å². The van der Waals surface area contributed by atoms with Gasteiger partial charge in [0.1, 0.15) is 0 Å². The number of nitrogens with zero attached hydrogens (tertiary/aromatic N) is 1. The molecule has 92 valence electrons. The van der Waals surface area contributed by atoms with E-state index in [9.17, 15) is 14.4 Å². The van der Waals surface area contributed by atoms with E-state index in [-0.39, 0.29) is 35.5 Å². The molecular weight excluding hydrogens is 222 g/mol. The number of likely N-dealkylation sites (tertiary alicyclic amines) is 1. The van der Waals surface area contributed by atoms with Crippen molar-refractivity contribution in [3.8, 4) is 0 Å². The van der Waals surface area contributed by atoms with Crippen LogP contribution in [0.5, 0.6) is 0 Å². The molecule has 3 amide bonds. The van der Waals surface area contributed by atoms with Gasteiger partial charge in [0.05, 0.1) is 17.8 Å². The van der Waals surface area contributed by atoms with Gasteiger partial charge in [-0.3, -0.25) is 19.7 Å². The van der Waals surface area contributed by atoms with Crippen LogP contribution in [0.2, 0.25) is 0 Å². The summed E-state index contributed by atoms with van der Waals surface area (Å²) in [5.74, 6) is -0.748. The van der Waals surface area contributed by atoms with Gasteiger partial charge >= 0.3 is 0 Å². The smallest absolute Gasteiger partial charge is 0.232 e. The van der Waals surface area contributed by atoms with E-state index in [1.54, 1.807) is 4.90 Å². The summed E-state index contributed by atoms with van der Waals surface area (Å²) in [4.78, 5) is 36.8. The van der Waals surface area contributed by atoms with Crippen LogP contribution >= 0.6 is 0 Å². The fourth-order valence-corrected chi connectivity index (χ4v) is 2.76. The predicted octanol–water partition coefficient (Wildman–Crippen LogP) is -1.67. The summed E-state index contributed by atoms with van der Waals surface area (Å²) in [7, 11) is 0.